The molecular formula is C15H13N5O13. The Bertz CT molecular complexity index is 1020. The van der Waals surface area contributed by atoms with E-state index < -0.39 is 59.0 Å². The molecule has 0 aliphatic carbocycles. The highest BCUT2D eigenvalue weighted by molar-refractivity contribution is 6.22. The summed E-state index contributed by atoms with van der Waals surface area (Å²) in [6, 6.07) is 0.475. The van der Waals surface area contributed by atoms with E-state index in [1.807, 2.05) is 0 Å². The normalized spacial score (nSPS) is 12.2. The van der Waals surface area contributed by atoms with E-state index in [1.165, 1.54) is 6.92 Å². The number of benzene rings is 1. The summed E-state index contributed by atoms with van der Waals surface area (Å²) in [6.07, 6.45) is -0.0440. The van der Waals surface area contributed by atoms with Gasteiger partial charge in [0, 0.05) is 5.56 Å². The van der Waals surface area contributed by atoms with Crippen molar-refractivity contribution in [1.29, 1.82) is 0 Å². The highest BCUT2D eigenvalue weighted by Gasteiger charge is 2.42. The van der Waals surface area contributed by atoms with Crippen LogP contribution in [-0.4, -0.2) is 75.2 Å². The van der Waals surface area contributed by atoms with Crippen molar-refractivity contribution < 1.29 is 49.0 Å². The summed E-state index contributed by atoms with van der Waals surface area (Å²) in [6.45, 7) is -1.57. The minimum atomic E-state index is -1.58. The second kappa shape index (κ2) is 9.94. The standard InChI is InChI=1S/C15H13N5O13/c1-8-2-11-12(3-10(8)13(22)16(6-21)7-33-20(29)30)15(24)17(14(11)23)9(4-31-18(25)26)5-32-19(27)28/h2-3,6,9H,4-5,7H2,1H3. The number of carbonyl (C=O) groups is 4. The van der Waals surface area contributed by atoms with E-state index in [2.05, 4.69) is 14.5 Å². The van der Waals surface area contributed by atoms with Crippen LogP contribution in [0.25, 0.3) is 0 Å². The first kappa shape index (κ1) is 24.4. The Morgan fingerprint density at radius 3 is 1.94 bits per heavy atom. The Kier molecular flexibility index (Phi) is 7.34. The first-order valence-corrected chi connectivity index (χ1v) is 8.58. The molecule has 1 aliphatic heterocycles. The quantitative estimate of drug-likeness (QED) is 0.119. The first-order chi connectivity index (χ1) is 15.5. The van der Waals surface area contributed by atoms with E-state index in [9.17, 15) is 49.5 Å². The van der Waals surface area contributed by atoms with Crippen molar-refractivity contribution in [2.75, 3.05) is 19.9 Å². The minimum Gasteiger partial charge on any atom is -0.312 e. The third-order valence-electron chi connectivity index (χ3n) is 4.29. The molecule has 0 saturated carbocycles. The van der Waals surface area contributed by atoms with Crippen LogP contribution in [-0.2, 0) is 19.3 Å². The predicted octanol–water partition coefficient (Wildman–Crippen LogP) is -0.859. The molecular weight excluding hydrogens is 458 g/mol. The van der Waals surface area contributed by atoms with Gasteiger partial charge in [-0.05, 0) is 24.6 Å². The fourth-order valence-corrected chi connectivity index (χ4v) is 2.87. The second-order valence-corrected chi connectivity index (χ2v) is 6.25. The molecule has 4 amide bonds. The van der Waals surface area contributed by atoms with Gasteiger partial charge in [0.2, 0.25) is 6.41 Å². The minimum absolute atomic E-state index is 0.0440. The number of nitrogens with zero attached hydrogens (tertiary/aromatic N) is 5. The SMILES string of the molecule is Cc1cc2c(cc1C(=O)N(C=O)CO[N+](=O)[O-])C(=O)N(C(CO[N+](=O)[O-])CO[N+](=O)[O-])C2=O. The lowest BCUT2D eigenvalue weighted by Gasteiger charge is -2.24. The van der Waals surface area contributed by atoms with E-state index >= 15 is 0 Å². The van der Waals surface area contributed by atoms with E-state index in [1.54, 1.807) is 0 Å². The number of rotatable bonds is 12. The zero-order valence-electron chi connectivity index (χ0n) is 16.5. The molecule has 18 heteroatoms. The van der Waals surface area contributed by atoms with Gasteiger partial charge in [-0.25, -0.2) is 0 Å². The summed E-state index contributed by atoms with van der Waals surface area (Å²) >= 11 is 0. The molecule has 0 radical (unpaired) electrons. The summed E-state index contributed by atoms with van der Waals surface area (Å²) in [4.78, 5) is 93.5. The van der Waals surface area contributed by atoms with Crippen molar-refractivity contribution in [3.05, 3.63) is 64.7 Å². The van der Waals surface area contributed by atoms with Crippen molar-refractivity contribution in [1.82, 2.24) is 9.80 Å². The van der Waals surface area contributed by atoms with Crippen molar-refractivity contribution in [3.63, 3.8) is 0 Å². The van der Waals surface area contributed by atoms with Crippen LogP contribution >= 0.6 is 0 Å². The van der Waals surface area contributed by atoms with Crippen LogP contribution < -0.4 is 0 Å². The average molecular weight is 471 g/mol. The van der Waals surface area contributed by atoms with Crippen molar-refractivity contribution in [2.45, 2.75) is 13.0 Å². The third-order valence-corrected chi connectivity index (χ3v) is 4.29. The molecule has 0 saturated heterocycles. The van der Waals surface area contributed by atoms with Crippen LogP contribution in [0.3, 0.4) is 0 Å². The number of hydrogen-bond donors (Lipinski definition) is 0. The number of fused-ring (bicyclic) bond motifs is 1. The van der Waals surface area contributed by atoms with Gasteiger partial charge in [-0.3, -0.25) is 33.8 Å². The molecule has 0 fully saturated rings. The Labute approximate surface area is 181 Å². The molecule has 0 unspecified atom stereocenters. The molecule has 0 bridgehead atoms. The number of aryl methyl sites for hydroxylation is 1. The zero-order chi connectivity index (χ0) is 24.9. The van der Waals surface area contributed by atoms with Crippen LogP contribution in [0.15, 0.2) is 12.1 Å². The second-order valence-electron chi connectivity index (χ2n) is 6.25. The molecule has 1 aliphatic rings. The average Bonchev–Trinajstić information content (AvgIpc) is 2.97. The summed E-state index contributed by atoms with van der Waals surface area (Å²) in [5, 5.41) is 27.6. The molecule has 33 heavy (non-hydrogen) atoms. The molecule has 176 valence electrons. The number of hydrogen-bond acceptors (Lipinski definition) is 13. The summed E-state index contributed by atoms with van der Waals surface area (Å²) < 4.78 is 0. The highest BCUT2D eigenvalue weighted by Crippen LogP contribution is 2.28. The van der Waals surface area contributed by atoms with Crippen LogP contribution in [0.1, 0.15) is 36.6 Å². The molecule has 2 rings (SSSR count). The smallest absolute Gasteiger partial charge is 0.296 e. The molecule has 0 N–H and O–H groups in total. The number of amides is 4. The number of imide groups is 2. The fourth-order valence-electron chi connectivity index (χ4n) is 2.87. The van der Waals surface area contributed by atoms with Gasteiger partial charge in [-0.15, -0.1) is 30.3 Å². The van der Waals surface area contributed by atoms with Gasteiger partial charge in [0.1, 0.15) is 13.2 Å². The first-order valence-electron chi connectivity index (χ1n) is 8.58. The van der Waals surface area contributed by atoms with Gasteiger partial charge in [0.15, 0.2) is 6.73 Å². The van der Waals surface area contributed by atoms with Gasteiger partial charge in [-0.1, -0.05) is 0 Å². The molecule has 18 nitrogen and oxygen atoms in total. The monoisotopic (exact) mass is 471 g/mol. The van der Waals surface area contributed by atoms with Crippen LogP contribution in [0.5, 0.6) is 0 Å². The van der Waals surface area contributed by atoms with Crippen molar-refractivity contribution in [3.8, 4) is 0 Å². The van der Waals surface area contributed by atoms with Crippen LogP contribution in [0.4, 0.5) is 0 Å². The summed E-state index contributed by atoms with van der Waals surface area (Å²) in [5.41, 5.74) is -0.785. The Morgan fingerprint density at radius 2 is 1.48 bits per heavy atom. The molecule has 0 spiro atoms. The lowest BCUT2D eigenvalue weighted by Crippen LogP contribution is -2.46. The van der Waals surface area contributed by atoms with E-state index in [-0.39, 0.29) is 28.7 Å². The summed E-state index contributed by atoms with van der Waals surface area (Å²) in [7, 11) is 0. The predicted molar refractivity (Wildman–Crippen MR) is 96.5 cm³/mol. The van der Waals surface area contributed by atoms with Crippen LogP contribution in [0.2, 0.25) is 0 Å². The maximum atomic E-state index is 12.8. The molecule has 1 aromatic rings. The van der Waals surface area contributed by atoms with Crippen molar-refractivity contribution in [2.24, 2.45) is 0 Å². The topological polar surface area (TPSA) is 232 Å². The van der Waals surface area contributed by atoms with Gasteiger partial charge < -0.3 is 9.68 Å². The largest absolute Gasteiger partial charge is 0.312 e. The third kappa shape index (κ3) is 5.42. The van der Waals surface area contributed by atoms with E-state index in [4.69, 9.17) is 0 Å². The number of carbonyl (C=O) groups excluding carboxylic acids is 4. The van der Waals surface area contributed by atoms with Gasteiger partial charge in [-0.2, -0.15) is 0 Å². The van der Waals surface area contributed by atoms with Crippen LogP contribution in [0, 0.1) is 37.3 Å². The van der Waals surface area contributed by atoms with E-state index in [0.717, 1.165) is 12.1 Å². The van der Waals surface area contributed by atoms with Gasteiger partial charge in [0.25, 0.3) is 33.0 Å². The molecule has 0 aromatic heterocycles. The van der Waals surface area contributed by atoms with Gasteiger partial charge in [0.05, 0.1) is 17.2 Å². The lowest BCUT2D eigenvalue weighted by molar-refractivity contribution is -0.767. The molecule has 0 atom stereocenters. The lowest BCUT2D eigenvalue weighted by atomic mass is 9.99. The maximum absolute atomic E-state index is 12.8. The molecule has 1 aromatic carbocycles. The Hall–Kier alpha value is -4.90. The maximum Gasteiger partial charge on any atom is 0.296 e. The van der Waals surface area contributed by atoms with Gasteiger partial charge >= 0.3 is 0 Å². The van der Waals surface area contributed by atoms with E-state index in [0.29, 0.717) is 9.80 Å². The Balaban J connectivity index is 2.39. The molecule has 1 heterocycles. The highest BCUT2D eigenvalue weighted by atomic mass is 17.0. The zero-order valence-corrected chi connectivity index (χ0v) is 16.5. The fraction of sp³-hybridized carbons (Fsp3) is 0.333. The Morgan fingerprint density at radius 1 is 1.00 bits per heavy atom. The van der Waals surface area contributed by atoms with Crippen molar-refractivity contribution >= 4 is 24.1 Å². The summed E-state index contributed by atoms with van der Waals surface area (Å²) in [5.74, 6) is -3.16.